The lowest BCUT2D eigenvalue weighted by Gasteiger charge is -2.37. The Balaban J connectivity index is 1.41. The normalized spacial score (nSPS) is 22.3. The zero-order valence-corrected chi connectivity index (χ0v) is 27.0. The first-order valence-corrected chi connectivity index (χ1v) is 18.4. The van der Waals surface area contributed by atoms with Crippen molar-refractivity contribution >= 4 is 42.6 Å². The van der Waals surface area contributed by atoms with Gasteiger partial charge in [0.25, 0.3) is 5.91 Å². The van der Waals surface area contributed by atoms with Crippen molar-refractivity contribution in [3.8, 4) is 5.75 Å². The molecule has 234 valence electrons. The molecule has 1 spiro atoms. The summed E-state index contributed by atoms with van der Waals surface area (Å²) in [4.78, 5) is 28.0. The molecule has 11 heteroatoms. The van der Waals surface area contributed by atoms with Crippen molar-refractivity contribution in [2.24, 2.45) is 5.92 Å². The SMILES string of the molecule is COc1ccc([Si](C)(C)[C@@H]2[C@@H](CCn3cc(CCO)nn3)O[C@]3(C(=O)Nc4ccc(N(C=O)c5ccccc5)cc43)[C@H]2C)cc1. The lowest BCUT2D eigenvalue weighted by molar-refractivity contribution is -0.143. The van der Waals surface area contributed by atoms with Crippen LogP contribution < -0.4 is 20.1 Å². The van der Waals surface area contributed by atoms with Crippen molar-refractivity contribution in [2.75, 3.05) is 23.9 Å². The first-order chi connectivity index (χ1) is 21.7. The van der Waals surface area contributed by atoms with Gasteiger partial charge in [0.05, 0.1) is 27.0 Å². The molecule has 0 bridgehead atoms. The summed E-state index contributed by atoms with van der Waals surface area (Å²) in [5.41, 5.74) is 2.40. The average Bonchev–Trinajstić information content (AvgIpc) is 3.71. The van der Waals surface area contributed by atoms with Crippen LogP contribution in [0.15, 0.2) is 79.0 Å². The molecule has 1 aromatic heterocycles. The lowest BCUT2D eigenvalue weighted by Crippen LogP contribution is -2.51. The van der Waals surface area contributed by atoms with Crippen molar-refractivity contribution in [1.29, 1.82) is 0 Å². The number of hydrogen-bond acceptors (Lipinski definition) is 7. The van der Waals surface area contributed by atoms with E-state index in [1.807, 2.05) is 66.9 Å². The first-order valence-electron chi connectivity index (χ1n) is 15.3. The molecule has 1 saturated heterocycles. The van der Waals surface area contributed by atoms with E-state index in [-0.39, 0.29) is 30.1 Å². The molecule has 0 unspecified atom stereocenters. The molecular formula is C34H39N5O5Si. The van der Waals surface area contributed by atoms with Crippen LogP contribution in [-0.2, 0) is 32.9 Å². The van der Waals surface area contributed by atoms with Gasteiger partial charge < -0.3 is 19.9 Å². The van der Waals surface area contributed by atoms with Crippen molar-refractivity contribution in [3.63, 3.8) is 0 Å². The molecule has 1 fully saturated rings. The van der Waals surface area contributed by atoms with Crippen LogP contribution in [0.2, 0.25) is 18.6 Å². The number of ether oxygens (including phenoxy) is 2. The van der Waals surface area contributed by atoms with E-state index >= 15 is 0 Å². The van der Waals surface area contributed by atoms with Gasteiger partial charge >= 0.3 is 0 Å². The minimum absolute atomic E-state index is 0.0104. The molecule has 0 radical (unpaired) electrons. The number of aliphatic hydroxyl groups is 1. The number of benzene rings is 3. The van der Waals surface area contributed by atoms with Crippen LogP contribution >= 0.6 is 0 Å². The standard InChI is InChI=1S/C34H39N5O5Si/c1-23-32(45(3,4)28-13-11-27(43-2)12-14-28)31(16-18-38-21-24(17-19-40)36-37-38)44-34(23)29-20-26(10-15-30(29)35-33(34)42)39(22-41)25-8-6-5-7-9-25/h5-15,20-23,31-32,40H,16-19H2,1-4H3,(H,35,42)/t23-,31+,32-,34+/m0/s1. The summed E-state index contributed by atoms with van der Waals surface area (Å²) < 4.78 is 14.3. The van der Waals surface area contributed by atoms with Crippen LogP contribution in [0.5, 0.6) is 5.75 Å². The Hall–Kier alpha value is -4.32. The summed E-state index contributed by atoms with van der Waals surface area (Å²) in [5.74, 6) is 0.439. The van der Waals surface area contributed by atoms with E-state index in [4.69, 9.17) is 9.47 Å². The fraction of sp³-hybridized carbons (Fsp3) is 0.353. The molecule has 4 aromatic rings. The van der Waals surface area contributed by atoms with E-state index < -0.39 is 13.7 Å². The highest BCUT2D eigenvalue weighted by Crippen LogP contribution is 2.59. The fourth-order valence-corrected chi connectivity index (χ4v) is 11.4. The molecule has 3 aromatic carbocycles. The lowest BCUT2D eigenvalue weighted by atomic mass is 9.82. The van der Waals surface area contributed by atoms with Gasteiger partial charge in [-0.3, -0.25) is 19.2 Å². The van der Waals surface area contributed by atoms with Gasteiger partial charge in [-0.05, 0) is 54.4 Å². The van der Waals surface area contributed by atoms with Crippen molar-refractivity contribution < 1.29 is 24.2 Å². The number of aromatic nitrogens is 3. The number of methoxy groups -OCH3 is 1. The number of nitrogens with one attached hydrogen (secondary N) is 1. The van der Waals surface area contributed by atoms with E-state index in [9.17, 15) is 14.7 Å². The summed E-state index contributed by atoms with van der Waals surface area (Å²) in [5, 5.41) is 22.1. The highest BCUT2D eigenvalue weighted by Gasteiger charge is 2.64. The first kappa shape index (κ1) is 30.7. The molecule has 0 aliphatic carbocycles. The number of anilines is 3. The number of carbonyl (C=O) groups excluding carboxylic acids is 2. The third kappa shape index (κ3) is 5.34. The van der Waals surface area contributed by atoms with Crippen LogP contribution in [0.4, 0.5) is 17.1 Å². The Morgan fingerprint density at radius 1 is 1.11 bits per heavy atom. The van der Waals surface area contributed by atoms with Gasteiger partial charge in [0.2, 0.25) is 6.41 Å². The highest BCUT2D eigenvalue weighted by molar-refractivity contribution is 6.91. The molecule has 10 nitrogen and oxygen atoms in total. The van der Waals surface area contributed by atoms with Gasteiger partial charge in [0.15, 0.2) is 5.60 Å². The second-order valence-electron chi connectivity index (χ2n) is 12.4. The number of para-hydroxylation sites is 1. The number of amides is 2. The van der Waals surface area contributed by atoms with Crippen molar-refractivity contribution in [2.45, 2.75) is 56.7 Å². The molecule has 6 rings (SSSR count). The summed E-state index contributed by atoms with van der Waals surface area (Å²) in [6, 6.07) is 23.3. The van der Waals surface area contributed by atoms with Crippen LogP contribution in [0, 0.1) is 5.92 Å². The van der Waals surface area contributed by atoms with Gasteiger partial charge in [-0.15, -0.1) is 5.10 Å². The third-order valence-corrected chi connectivity index (χ3v) is 13.9. The molecule has 2 N–H and O–H groups in total. The molecule has 2 aliphatic rings. The predicted octanol–water partition coefficient (Wildman–Crippen LogP) is 4.37. The number of rotatable bonds is 11. The molecular weight excluding hydrogens is 586 g/mol. The number of fused-ring (bicyclic) bond motifs is 2. The van der Waals surface area contributed by atoms with E-state index in [0.29, 0.717) is 30.8 Å². The molecule has 3 heterocycles. The minimum atomic E-state index is -2.30. The Morgan fingerprint density at radius 2 is 1.87 bits per heavy atom. The van der Waals surface area contributed by atoms with E-state index in [2.05, 4.69) is 47.8 Å². The highest BCUT2D eigenvalue weighted by atomic mass is 28.3. The topological polar surface area (TPSA) is 119 Å². The smallest absolute Gasteiger partial charge is 0.261 e. The second kappa shape index (κ2) is 12.2. The average molecular weight is 626 g/mol. The van der Waals surface area contributed by atoms with Crippen LogP contribution in [0.25, 0.3) is 0 Å². The van der Waals surface area contributed by atoms with E-state index in [1.54, 1.807) is 16.7 Å². The van der Waals surface area contributed by atoms with Gasteiger partial charge in [-0.2, -0.15) is 0 Å². The van der Waals surface area contributed by atoms with Crippen LogP contribution in [0.3, 0.4) is 0 Å². The van der Waals surface area contributed by atoms with Crippen molar-refractivity contribution in [3.05, 3.63) is 90.3 Å². The fourth-order valence-electron chi connectivity index (χ4n) is 7.34. The maximum atomic E-state index is 14.1. The van der Waals surface area contributed by atoms with Gasteiger partial charge in [0, 0.05) is 54.3 Å². The molecule has 2 amide bonds. The number of hydrogen-bond donors (Lipinski definition) is 2. The Kier molecular flexibility index (Phi) is 8.34. The maximum Gasteiger partial charge on any atom is 0.261 e. The summed E-state index contributed by atoms with van der Waals surface area (Å²) in [7, 11) is -0.638. The number of aliphatic hydroxyl groups excluding tert-OH is 1. The number of nitrogens with zero attached hydrogens (tertiary/aromatic N) is 4. The Morgan fingerprint density at radius 3 is 2.56 bits per heavy atom. The monoisotopic (exact) mass is 625 g/mol. The zero-order chi connectivity index (χ0) is 31.8. The van der Waals surface area contributed by atoms with Gasteiger partial charge in [0.1, 0.15) is 5.75 Å². The number of carbonyl (C=O) groups is 2. The van der Waals surface area contributed by atoms with Gasteiger partial charge in [-0.1, -0.05) is 60.7 Å². The summed E-state index contributed by atoms with van der Waals surface area (Å²) in [6.45, 7) is 7.38. The molecule has 0 saturated carbocycles. The largest absolute Gasteiger partial charge is 0.497 e. The van der Waals surface area contributed by atoms with Crippen molar-refractivity contribution in [1.82, 2.24) is 15.0 Å². The van der Waals surface area contributed by atoms with E-state index in [1.165, 1.54) is 5.19 Å². The summed E-state index contributed by atoms with van der Waals surface area (Å²) in [6.07, 6.45) is 3.46. The summed E-state index contributed by atoms with van der Waals surface area (Å²) >= 11 is 0. The third-order valence-electron chi connectivity index (χ3n) is 9.59. The molecule has 4 atom stereocenters. The Labute approximate surface area is 264 Å². The minimum Gasteiger partial charge on any atom is -0.497 e. The number of aryl methyl sites for hydroxylation is 1. The maximum absolute atomic E-state index is 14.1. The zero-order valence-electron chi connectivity index (χ0n) is 26.0. The Bertz CT molecular complexity index is 1680. The quantitative estimate of drug-likeness (QED) is 0.188. The van der Waals surface area contributed by atoms with Crippen LogP contribution in [-0.4, -0.2) is 60.3 Å². The van der Waals surface area contributed by atoms with E-state index in [0.717, 1.165) is 29.1 Å². The van der Waals surface area contributed by atoms with Crippen LogP contribution in [0.1, 0.15) is 24.6 Å². The molecule has 2 aliphatic heterocycles. The van der Waals surface area contributed by atoms with Gasteiger partial charge in [-0.25, -0.2) is 0 Å². The molecule has 45 heavy (non-hydrogen) atoms. The predicted molar refractivity (Wildman–Crippen MR) is 175 cm³/mol. The second-order valence-corrected chi connectivity index (χ2v) is 17.1.